The Morgan fingerprint density at radius 1 is 1.10 bits per heavy atom. The average molecular weight is 280 g/mol. The van der Waals surface area contributed by atoms with Gasteiger partial charge in [0.15, 0.2) is 0 Å². The highest BCUT2D eigenvalue weighted by Gasteiger charge is 2.14. The number of ether oxygens (including phenoxy) is 1. The van der Waals surface area contributed by atoms with Crippen molar-refractivity contribution in [2.45, 2.75) is 0 Å². The molecule has 0 radical (unpaired) electrons. The van der Waals surface area contributed by atoms with Gasteiger partial charge in [0.2, 0.25) is 0 Å². The number of nitro benzene ring substituents is 1. The first-order valence-corrected chi connectivity index (χ1v) is 6.37. The predicted molar refractivity (Wildman–Crippen MR) is 80.4 cm³/mol. The molecule has 0 aliphatic rings. The maximum Gasteiger partial charge on any atom is 0.273 e. The Labute approximate surface area is 121 Å². The van der Waals surface area contributed by atoms with Crippen LogP contribution in [0.4, 0.5) is 5.69 Å². The smallest absolute Gasteiger partial charge is 0.273 e. The van der Waals surface area contributed by atoms with Gasteiger partial charge in [0.1, 0.15) is 5.75 Å². The van der Waals surface area contributed by atoms with Crippen LogP contribution < -0.4 is 4.74 Å². The van der Waals surface area contributed by atoms with Gasteiger partial charge in [-0.1, -0.05) is 24.3 Å². The first kappa shape index (κ1) is 13.1. The highest BCUT2D eigenvalue weighted by molar-refractivity contribution is 5.95. The van der Waals surface area contributed by atoms with Crippen LogP contribution in [-0.4, -0.2) is 17.0 Å². The lowest BCUT2D eigenvalue weighted by molar-refractivity contribution is -0.384. The van der Waals surface area contributed by atoms with Gasteiger partial charge in [-0.25, -0.2) is 0 Å². The summed E-state index contributed by atoms with van der Waals surface area (Å²) < 4.78 is 5.31. The summed E-state index contributed by atoms with van der Waals surface area (Å²) in [5, 5.41) is 11.9. The molecule has 0 N–H and O–H groups in total. The van der Waals surface area contributed by atoms with Gasteiger partial charge in [0.25, 0.3) is 5.69 Å². The second-order valence-corrected chi connectivity index (χ2v) is 4.52. The second kappa shape index (κ2) is 5.20. The van der Waals surface area contributed by atoms with E-state index in [-0.39, 0.29) is 5.69 Å². The van der Waals surface area contributed by atoms with Crippen LogP contribution in [0, 0.1) is 10.1 Å². The maximum atomic E-state index is 10.9. The van der Waals surface area contributed by atoms with E-state index in [1.54, 1.807) is 12.3 Å². The minimum absolute atomic E-state index is 0.00351. The van der Waals surface area contributed by atoms with E-state index in [1.165, 1.54) is 19.2 Å². The van der Waals surface area contributed by atoms with Crippen LogP contribution in [0.5, 0.6) is 5.75 Å². The van der Waals surface area contributed by atoms with Crippen LogP contribution in [0.2, 0.25) is 0 Å². The quantitative estimate of drug-likeness (QED) is 0.540. The number of methoxy groups -OCH3 is 1. The Morgan fingerprint density at radius 3 is 2.67 bits per heavy atom. The highest BCUT2D eigenvalue weighted by Crippen LogP contribution is 2.36. The van der Waals surface area contributed by atoms with Gasteiger partial charge >= 0.3 is 0 Å². The van der Waals surface area contributed by atoms with Crippen LogP contribution in [0.15, 0.2) is 54.7 Å². The Morgan fingerprint density at radius 2 is 1.90 bits per heavy atom. The minimum Gasteiger partial charge on any atom is -0.496 e. The molecular weight excluding hydrogens is 268 g/mol. The van der Waals surface area contributed by atoms with Gasteiger partial charge in [0, 0.05) is 28.8 Å². The molecule has 5 heteroatoms. The van der Waals surface area contributed by atoms with Crippen molar-refractivity contribution in [3.05, 3.63) is 64.8 Å². The number of nitrogens with zero attached hydrogens (tertiary/aromatic N) is 2. The molecule has 1 aromatic heterocycles. The Kier molecular flexibility index (Phi) is 3.23. The largest absolute Gasteiger partial charge is 0.496 e. The zero-order valence-corrected chi connectivity index (χ0v) is 11.3. The normalized spacial score (nSPS) is 10.5. The number of nitro groups is 1. The molecule has 3 aromatic rings. The zero-order chi connectivity index (χ0) is 14.8. The van der Waals surface area contributed by atoms with Crippen molar-refractivity contribution in [3.8, 4) is 16.9 Å². The Hall–Kier alpha value is -2.95. The lowest BCUT2D eigenvalue weighted by atomic mass is 10.0. The number of rotatable bonds is 3. The molecule has 0 spiro atoms. The molecule has 1 heterocycles. The van der Waals surface area contributed by atoms with Gasteiger partial charge in [-0.3, -0.25) is 15.1 Å². The van der Waals surface area contributed by atoms with Crippen LogP contribution in [0.25, 0.3) is 22.0 Å². The first-order chi connectivity index (χ1) is 10.2. The number of pyridine rings is 1. The van der Waals surface area contributed by atoms with E-state index in [9.17, 15) is 10.1 Å². The number of benzene rings is 2. The summed E-state index contributed by atoms with van der Waals surface area (Å²) in [7, 11) is 1.50. The topological polar surface area (TPSA) is 65.3 Å². The van der Waals surface area contributed by atoms with Crippen molar-refractivity contribution in [2.24, 2.45) is 0 Å². The fourth-order valence-corrected chi connectivity index (χ4v) is 2.34. The summed E-state index contributed by atoms with van der Waals surface area (Å²) in [4.78, 5) is 14.8. The van der Waals surface area contributed by atoms with Crippen molar-refractivity contribution in [2.75, 3.05) is 7.11 Å². The third kappa shape index (κ3) is 2.29. The number of para-hydroxylation sites is 1. The summed E-state index contributed by atoms with van der Waals surface area (Å²) in [6.45, 7) is 0. The molecule has 104 valence electrons. The fraction of sp³-hybridized carbons (Fsp3) is 0.0625. The van der Waals surface area contributed by atoms with Gasteiger partial charge in [-0.05, 0) is 12.1 Å². The van der Waals surface area contributed by atoms with Gasteiger partial charge in [0.05, 0.1) is 23.6 Å². The van der Waals surface area contributed by atoms with Crippen LogP contribution in [0.3, 0.4) is 0 Å². The third-order valence-corrected chi connectivity index (χ3v) is 3.32. The number of aromatic nitrogens is 1. The number of non-ortho nitro benzene ring substituents is 1. The molecule has 21 heavy (non-hydrogen) atoms. The molecule has 5 nitrogen and oxygen atoms in total. The molecule has 3 rings (SSSR count). The molecule has 0 aliphatic carbocycles. The molecule has 0 amide bonds. The predicted octanol–water partition coefficient (Wildman–Crippen LogP) is 3.82. The van der Waals surface area contributed by atoms with Crippen molar-refractivity contribution in [1.29, 1.82) is 0 Å². The standard InChI is InChI=1S/C16H12N2O3/c1-21-15-10-12(18(19)20)7-8-13(15)14-6-2-4-11-5-3-9-17-16(11)14/h2-10H,1H3. The van der Waals surface area contributed by atoms with Crippen molar-refractivity contribution in [3.63, 3.8) is 0 Å². The molecule has 0 fully saturated rings. The summed E-state index contributed by atoms with van der Waals surface area (Å²) in [5.74, 6) is 0.461. The van der Waals surface area contributed by atoms with Gasteiger partial charge in [-0.2, -0.15) is 0 Å². The van der Waals surface area contributed by atoms with E-state index in [0.717, 1.165) is 22.0 Å². The van der Waals surface area contributed by atoms with E-state index in [4.69, 9.17) is 4.74 Å². The van der Waals surface area contributed by atoms with E-state index >= 15 is 0 Å². The summed E-state index contributed by atoms with van der Waals surface area (Å²) in [5.41, 5.74) is 2.52. The van der Waals surface area contributed by atoms with Crippen LogP contribution in [0.1, 0.15) is 0 Å². The van der Waals surface area contributed by atoms with E-state index < -0.39 is 4.92 Å². The lowest BCUT2D eigenvalue weighted by Crippen LogP contribution is -1.93. The lowest BCUT2D eigenvalue weighted by Gasteiger charge is -2.10. The van der Waals surface area contributed by atoms with E-state index in [2.05, 4.69) is 4.98 Å². The molecule has 2 aromatic carbocycles. The number of hydrogen-bond donors (Lipinski definition) is 0. The molecule has 0 atom stereocenters. The molecule has 0 bridgehead atoms. The molecule has 0 saturated carbocycles. The van der Waals surface area contributed by atoms with Crippen LogP contribution >= 0.6 is 0 Å². The SMILES string of the molecule is COc1cc([N+](=O)[O-])ccc1-c1cccc2cccnc12. The van der Waals surface area contributed by atoms with E-state index in [0.29, 0.717) is 5.75 Å². The fourth-order valence-electron chi connectivity index (χ4n) is 2.34. The summed E-state index contributed by atoms with van der Waals surface area (Å²) >= 11 is 0. The minimum atomic E-state index is -0.437. The van der Waals surface area contributed by atoms with E-state index in [1.807, 2.05) is 30.3 Å². The molecule has 0 saturated heterocycles. The van der Waals surface area contributed by atoms with Gasteiger partial charge < -0.3 is 4.74 Å². The summed E-state index contributed by atoms with van der Waals surface area (Å²) in [6, 6.07) is 14.3. The number of fused-ring (bicyclic) bond motifs is 1. The molecular formula is C16H12N2O3. The monoisotopic (exact) mass is 280 g/mol. The van der Waals surface area contributed by atoms with Crippen molar-refractivity contribution in [1.82, 2.24) is 4.98 Å². The molecule has 0 aliphatic heterocycles. The average Bonchev–Trinajstić information content (AvgIpc) is 2.53. The van der Waals surface area contributed by atoms with Crippen molar-refractivity contribution < 1.29 is 9.66 Å². The summed E-state index contributed by atoms with van der Waals surface area (Å²) in [6.07, 6.45) is 1.73. The maximum absolute atomic E-state index is 10.9. The van der Waals surface area contributed by atoms with Crippen molar-refractivity contribution >= 4 is 16.6 Å². The second-order valence-electron chi connectivity index (χ2n) is 4.52. The molecule has 0 unspecified atom stereocenters. The number of hydrogen-bond acceptors (Lipinski definition) is 4. The van der Waals surface area contributed by atoms with Gasteiger partial charge in [-0.15, -0.1) is 0 Å². The van der Waals surface area contributed by atoms with Crippen LogP contribution in [-0.2, 0) is 0 Å². The highest BCUT2D eigenvalue weighted by atomic mass is 16.6. The third-order valence-electron chi connectivity index (χ3n) is 3.32. The Balaban J connectivity index is 2.25. The Bertz CT molecular complexity index is 825. The zero-order valence-electron chi connectivity index (χ0n) is 11.3. The first-order valence-electron chi connectivity index (χ1n) is 6.37.